The van der Waals surface area contributed by atoms with Gasteiger partial charge in [-0.2, -0.15) is 17.9 Å². The number of hydrogen-bond acceptors (Lipinski definition) is 8. The van der Waals surface area contributed by atoms with Crippen molar-refractivity contribution >= 4 is 37.6 Å². The number of halogens is 5. The van der Waals surface area contributed by atoms with Crippen molar-refractivity contribution < 1.29 is 45.2 Å². The van der Waals surface area contributed by atoms with Crippen molar-refractivity contribution in [2.75, 3.05) is 13.2 Å². The number of non-ortho nitro benzene ring substituents is 1. The summed E-state index contributed by atoms with van der Waals surface area (Å²) in [5.41, 5.74) is -6.93. The van der Waals surface area contributed by atoms with Gasteiger partial charge in [-0.1, -0.05) is 0 Å². The second-order valence-corrected chi connectivity index (χ2v) is 10.2. The number of pyridine rings is 1. The summed E-state index contributed by atoms with van der Waals surface area (Å²) >= 11 is 2.99. The number of nitrogens with zero attached hydrogens (tertiary/aromatic N) is 2. The summed E-state index contributed by atoms with van der Waals surface area (Å²) in [7, 11) is -4.64. The summed E-state index contributed by atoms with van der Waals surface area (Å²) in [6.07, 6.45) is -5.29. The topological polar surface area (TPSA) is 138 Å². The first-order valence-electron chi connectivity index (χ1n) is 9.95. The molecule has 2 atom stereocenters. The molecule has 1 N–H and O–H groups in total. The molecule has 2 aromatic rings. The summed E-state index contributed by atoms with van der Waals surface area (Å²) in [6.45, 7) is 1.03. The van der Waals surface area contributed by atoms with Crippen LogP contribution in [0.4, 0.5) is 23.2 Å². The highest BCUT2D eigenvalue weighted by molar-refractivity contribution is 9.10. The van der Waals surface area contributed by atoms with Crippen LogP contribution in [0.1, 0.15) is 26.5 Å². The van der Waals surface area contributed by atoms with E-state index in [1.165, 1.54) is 13.0 Å². The zero-order valence-electron chi connectivity index (χ0n) is 18.9. The Morgan fingerprint density at radius 1 is 1.17 bits per heavy atom. The Morgan fingerprint density at radius 2 is 1.75 bits per heavy atom. The van der Waals surface area contributed by atoms with Crippen molar-refractivity contribution in [3.05, 3.63) is 62.6 Å². The molecule has 0 aliphatic heterocycles. The lowest BCUT2D eigenvalue weighted by Gasteiger charge is -2.35. The van der Waals surface area contributed by atoms with Crippen LogP contribution in [0.15, 0.2) is 45.9 Å². The van der Waals surface area contributed by atoms with E-state index in [1.807, 2.05) is 4.72 Å². The van der Waals surface area contributed by atoms with E-state index in [-0.39, 0.29) is 4.60 Å². The molecule has 1 heterocycles. The molecule has 0 amide bonds. The second kappa shape index (κ2) is 10.7. The number of benzene rings is 1. The third-order valence-corrected chi connectivity index (χ3v) is 6.96. The van der Waals surface area contributed by atoms with Crippen LogP contribution < -0.4 is 4.72 Å². The van der Waals surface area contributed by atoms with E-state index in [0.29, 0.717) is 6.92 Å². The van der Waals surface area contributed by atoms with E-state index < -0.39 is 73.5 Å². The third kappa shape index (κ3) is 6.35. The molecule has 1 aromatic heterocycles. The summed E-state index contributed by atoms with van der Waals surface area (Å²) in [5.74, 6) is -2.89. The fraction of sp³-hybridized carbons (Fsp3) is 0.400. The molecule has 16 heteroatoms. The van der Waals surface area contributed by atoms with E-state index >= 15 is 0 Å². The standard InChI is InChI=1S/C20H20BrF4N3O7S/c1-4-34-17(29)19(3,20(23,24)25)35-11-18(2,16-14(22)9-10-15(21)26-16)27-36(32,33)13-7-5-12(6-8-13)28(30)31/h5-10,27H,4,11H2,1-3H3. The van der Waals surface area contributed by atoms with Gasteiger partial charge in [-0.15, -0.1) is 0 Å². The average Bonchev–Trinajstić information content (AvgIpc) is 2.78. The summed E-state index contributed by atoms with van der Waals surface area (Å²) in [4.78, 5) is 25.5. The maximum atomic E-state index is 14.8. The number of hydrogen-bond donors (Lipinski definition) is 1. The number of carbonyl (C=O) groups excluding carboxylic acids is 1. The first-order chi connectivity index (χ1) is 16.5. The summed E-state index contributed by atoms with van der Waals surface area (Å²) < 4.78 is 93.7. The molecule has 0 bridgehead atoms. The Labute approximate surface area is 211 Å². The summed E-state index contributed by atoms with van der Waals surface area (Å²) in [5, 5.41) is 10.8. The highest BCUT2D eigenvalue weighted by Crippen LogP contribution is 2.37. The van der Waals surface area contributed by atoms with Gasteiger partial charge < -0.3 is 9.47 Å². The van der Waals surface area contributed by atoms with Gasteiger partial charge in [0.2, 0.25) is 10.0 Å². The van der Waals surface area contributed by atoms with Gasteiger partial charge in [0.1, 0.15) is 16.1 Å². The average molecular weight is 602 g/mol. The van der Waals surface area contributed by atoms with Crippen LogP contribution in [0.5, 0.6) is 0 Å². The van der Waals surface area contributed by atoms with Gasteiger partial charge in [0.25, 0.3) is 11.3 Å². The van der Waals surface area contributed by atoms with Crippen molar-refractivity contribution in [1.29, 1.82) is 0 Å². The molecule has 0 aliphatic rings. The van der Waals surface area contributed by atoms with E-state index in [0.717, 1.165) is 37.3 Å². The number of ether oxygens (including phenoxy) is 2. The molecule has 36 heavy (non-hydrogen) atoms. The second-order valence-electron chi connectivity index (χ2n) is 7.69. The largest absolute Gasteiger partial charge is 0.464 e. The maximum Gasteiger partial charge on any atom is 0.428 e. The van der Waals surface area contributed by atoms with Gasteiger partial charge in [-0.25, -0.2) is 22.6 Å². The van der Waals surface area contributed by atoms with Crippen LogP contribution in [0.3, 0.4) is 0 Å². The number of nitro groups is 1. The van der Waals surface area contributed by atoms with Gasteiger partial charge in [-0.3, -0.25) is 10.1 Å². The van der Waals surface area contributed by atoms with Crippen LogP contribution in [-0.2, 0) is 29.8 Å². The quantitative estimate of drug-likeness (QED) is 0.142. The predicted molar refractivity (Wildman–Crippen MR) is 120 cm³/mol. The number of aromatic nitrogens is 1. The Morgan fingerprint density at radius 3 is 2.25 bits per heavy atom. The number of rotatable bonds is 10. The smallest absolute Gasteiger partial charge is 0.428 e. The fourth-order valence-corrected chi connectivity index (χ4v) is 4.54. The SMILES string of the molecule is CCOC(=O)C(C)(OCC(C)(NS(=O)(=O)c1ccc([N+](=O)[O-])cc1)c1nc(Br)ccc1F)C(F)(F)F. The lowest BCUT2D eigenvalue weighted by molar-refractivity contribution is -0.384. The van der Waals surface area contributed by atoms with Gasteiger partial charge in [0.05, 0.1) is 28.6 Å². The van der Waals surface area contributed by atoms with Gasteiger partial charge in [0.15, 0.2) is 0 Å². The van der Waals surface area contributed by atoms with Gasteiger partial charge in [0, 0.05) is 12.1 Å². The molecule has 2 unspecified atom stereocenters. The molecule has 0 radical (unpaired) electrons. The van der Waals surface area contributed by atoms with Crippen molar-refractivity contribution in [3.8, 4) is 0 Å². The third-order valence-electron chi connectivity index (χ3n) is 4.91. The molecule has 0 fully saturated rings. The van der Waals surface area contributed by atoms with Crippen molar-refractivity contribution in [3.63, 3.8) is 0 Å². The minimum atomic E-state index is -5.29. The molecule has 0 saturated carbocycles. The molecule has 0 saturated heterocycles. The van der Waals surface area contributed by atoms with Crippen LogP contribution >= 0.6 is 15.9 Å². The molecule has 198 valence electrons. The minimum Gasteiger partial charge on any atom is -0.464 e. The Hall–Kier alpha value is -2.69. The molecule has 1 aromatic carbocycles. The summed E-state index contributed by atoms with van der Waals surface area (Å²) in [6, 6.07) is 5.60. The predicted octanol–water partition coefficient (Wildman–Crippen LogP) is 3.99. The van der Waals surface area contributed by atoms with Gasteiger partial charge >= 0.3 is 12.1 Å². The lowest BCUT2D eigenvalue weighted by Crippen LogP contribution is -2.56. The molecule has 10 nitrogen and oxygen atoms in total. The number of carbonyl (C=O) groups is 1. The lowest BCUT2D eigenvalue weighted by atomic mass is 9.98. The normalized spacial score (nSPS) is 15.6. The van der Waals surface area contributed by atoms with Crippen molar-refractivity contribution in [1.82, 2.24) is 9.71 Å². The fourth-order valence-electron chi connectivity index (χ4n) is 2.87. The Balaban J connectivity index is 2.57. The number of alkyl halides is 3. The first kappa shape index (κ1) is 29.5. The van der Waals surface area contributed by atoms with E-state index in [9.17, 15) is 40.9 Å². The zero-order chi connectivity index (χ0) is 27.5. The van der Waals surface area contributed by atoms with E-state index in [1.54, 1.807) is 0 Å². The maximum absolute atomic E-state index is 14.8. The Kier molecular flexibility index (Phi) is 8.81. The molecule has 0 aliphatic carbocycles. The van der Waals surface area contributed by atoms with E-state index in [2.05, 4.69) is 25.7 Å². The van der Waals surface area contributed by atoms with Crippen LogP contribution in [0.25, 0.3) is 0 Å². The molecular formula is C20H20BrF4N3O7S. The molecule has 0 spiro atoms. The number of sulfonamides is 1. The van der Waals surface area contributed by atoms with Crippen molar-refractivity contribution in [2.45, 2.75) is 43.0 Å². The van der Waals surface area contributed by atoms with Crippen LogP contribution in [0.2, 0.25) is 0 Å². The van der Waals surface area contributed by atoms with Crippen molar-refractivity contribution in [2.24, 2.45) is 0 Å². The van der Waals surface area contributed by atoms with Crippen LogP contribution in [0, 0.1) is 15.9 Å². The Bertz CT molecular complexity index is 1240. The minimum absolute atomic E-state index is 0.0173. The van der Waals surface area contributed by atoms with E-state index in [4.69, 9.17) is 4.74 Å². The highest BCUT2D eigenvalue weighted by Gasteiger charge is 2.60. The number of nitro benzene ring substituents is 1. The molecular weight excluding hydrogens is 582 g/mol. The highest BCUT2D eigenvalue weighted by atomic mass is 79.9. The molecule has 2 rings (SSSR count). The zero-order valence-corrected chi connectivity index (χ0v) is 21.3. The van der Waals surface area contributed by atoms with Gasteiger partial charge in [-0.05, 0) is 61.0 Å². The number of nitrogens with one attached hydrogen (secondary N) is 1. The monoisotopic (exact) mass is 601 g/mol. The van der Waals surface area contributed by atoms with Crippen LogP contribution in [-0.4, -0.2) is 49.3 Å². The number of esters is 1. The first-order valence-corrected chi connectivity index (χ1v) is 12.2.